The van der Waals surface area contributed by atoms with Gasteiger partial charge in [0.25, 0.3) is 0 Å². The largest absolute Gasteiger partial charge is 0.444 e. The van der Waals surface area contributed by atoms with Crippen LogP contribution in [0, 0.1) is 0 Å². The number of carbonyl (C=O) groups excluding carboxylic acids is 2. The lowest BCUT2D eigenvalue weighted by atomic mass is 10.2. The zero-order valence-corrected chi connectivity index (χ0v) is 15.0. The highest BCUT2D eigenvalue weighted by Gasteiger charge is 2.21. The number of hydrogen-bond acceptors (Lipinski definition) is 5. The monoisotopic (exact) mass is 387 g/mol. The Hall–Kier alpha value is -1.60. The molecule has 2 N–H and O–H groups in total. The Morgan fingerprint density at radius 1 is 1.26 bits per heavy atom. The number of aliphatic hydroxyl groups is 1. The van der Waals surface area contributed by atoms with E-state index in [0.717, 1.165) is 5.56 Å². The highest BCUT2D eigenvalue weighted by Crippen LogP contribution is 2.24. The van der Waals surface area contributed by atoms with E-state index in [2.05, 4.69) is 21.2 Å². The van der Waals surface area contributed by atoms with Gasteiger partial charge in [-0.2, -0.15) is 0 Å². The SMILES string of the molecule is CC(C)(C)OC(=O)NCC[C@H](O)C(=O)OC(Br)c1ccccc1. The van der Waals surface area contributed by atoms with E-state index in [4.69, 9.17) is 9.47 Å². The molecule has 1 rings (SSSR count). The van der Waals surface area contributed by atoms with Crippen LogP contribution in [-0.4, -0.2) is 35.4 Å². The highest BCUT2D eigenvalue weighted by atomic mass is 79.9. The quantitative estimate of drug-likeness (QED) is 0.578. The van der Waals surface area contributed by atoms with Crippen molar-refractivity contribution in [2.75, 3.05) is 6.54 Å². The molecule has 6 nitrogen and oxygen atoms in total. The van der Waals surface area contributed by atoms with Gasteiger partial charge >= 0.3 is 12.1 Å². The molecule has 0 aromatic heterocycles. The summed E-state index contributed by atoms with van der Waals surface area (Å²) >= 11 is 3.24. The van der Waals surface area contributed by atoms with E-state index >= 15 is 0 Å². The number of amides is 1. The Morgan fingerprint density at radius 2 is 1.87 bits per heavy atom. The van der Waals surface area contributed by atoms with Crippen LogP contribution in [-0.2, 0) is 14.3 Å². The summed E-state index contributed by atoms with van der Waals surface area (Å²) in [6.45, 7) is 5.35. The number of hydrogen-bond donors (Lipinski definition) is 2. The number of rotatable bonds is 6. The normalized spacial score (nSPS) is 13.8. The van der Waals surface area contributed by atoms with Crippen LogP contribution in [0.25, 0.3) is 0 Å². The topological polar surface area (TPSA) is 84.9 Å². The van der Waals surface area contributed by atoms with Crippen molar-refractivity contribution in [2.45, 2.75) is 43.9 Å². The first-order chi connectivity index (χ1) is 10.7. The second kappa shape index (κ2) is 8.88. The van der Waals surface area contributed by atoms with Crippen molar-refractivity contribution in [1.29, 1.82) is 0 Å². The van der Waals surface area contributed by atoms with Crippen molar-refractivity contribution in [2.24, 2.45) is 0 Å². The molecular weight excluding hydrogens is 366 g/mol. The first-order valence-electron chi connectivity index (χ1n) is 7.23. The molecule has 0 heterocycles. The van der Waals surface area contributed by atoms with E-state index in [1.54, 1.807) is 32.9 Å². The Bertz CT molecular complexity index is 515. The van der Waals surface area contributed by atoms with Gasteiger partial charge in [0, 0.05) is 18.5 Å². The predicted molar refractivity (Wildman–Crippen MR) is 89.1 cm³/mol. The molecule has 0 bridgehead atoms. The highest BCUT2D eigenvalue weighted by molar-refractivity contribution is 9.09. The molecule has 1 unspecified atom stereocenters. The van der Waals surface area contributed by atoms with Gasteiger partial charge in [-0.15, -0.1) is 0 Å². The summed E-state index contributed by atoms with van der Waals surface area (Å²) < 4.78 is 10.2. The van der Waals surface area contributed by atoms with Gasteiger partial charge in [0.05, 0.1) is 0 Å². The van der Waals surface area contributed by atoms with Crippen LogP contribution < -0.4 is 5.32 Å². The average Bonchev–Trinajstić information content (AvgIpc) is 2.46. The van der Waals surface area contributed by atoms with Crippen molar-refractivity contribution in [3.05, 3.63) is 35.9 Å². The fourth-order valence-electron chi connectivity index (χ4n) is 1.60. The lowest BCUT2D eigenvalue weighted by molar-refractivity contribution is -0.155. The van der Waals surface area contributed by atoms with Gasteiger partial charge in [0.15, 0.2) is 11.1 Å². The Kier molecular flexibility index (Phi) is 7.51. The van der Waals surface area contributed by atoms with Crippen molar-refractivity contribution in [1.82, 2.24) is 5.32 Å². The van der Waals surface area contributed by atoms with Crippen molar-refractivity contribution in [3.8, 4) is 0 Å². The molecule has 7 heteroatoms. The minimum atomic E-state index is -1.33. The van der Waals surface area contributed by atoms with Gasteiger partial charge < -0.3 is 19.9 Å². The van der Waals surface area contributed by atoms with Crippen LogP contribution in [0.3, 0.4) is 0 Å². The number of halogens is 1. The van der Waals surface area contributed by atoms with Crippen molar-refractivity contribution >= 4 is 28.0 Å². The Labute approximate surface area is 144 Å². The molecule has 0 saturated heterocycles. The summed E-state index contributed by atoms with van der Waals surface area (Å²) in [5.74, 6) is -0.762. The standard InChI is InChI=1S/C16H22BrNO5/c1-16(2,3)23-15(21)18-10-9-12(19)14(20)22-13(17)11-7-5-4-6-8-11/h4-8,12-13,19H,9-10H2,1-3H3,(H,18,21)/t12-,13?/m0/s1. The molecule has 1 aromatic carbocycles. The molecule has 1 aromatic rings. The molecule has 0 aliphatic rings. The average molecular weight is 388 g/mol. The van der Waals surface area contributed by atoms with Crippen LogP contribution in [0.4, 0.5) is 4.79 Å². The molecule has 0 spiro atoms. The fourth-order valence-corrected chi connectivity index (χ4v) is 2.09. The van der Waals surface area contributed by atoms with Gasteiger partial charge in [0.1, 0.15) is 5.60 Å². The van der Waals surface area contributed by atoms with Gasteiger partial charge in [-0.1, -0.05) is 30.3 Å². The van der Waals surface area contributed by atoms with Gasteiger partial charge in [-0.05, 0) is 36.7 Å². The van der Waals surface area contributed by atoms with Crippen molar-refractivity contribution in [3.63, 3.8) is 0 Å². The number of carbonyl (C=O) groups is 2. The zero-order chi connectivity index (χ0) is 17.5. The molecule has 2 atom stereocenters. The number of alkyl halides is 1. The van der Waals surface area contributed by atoms with Crippen molar-refractivity contribution < 1.29 is 24.2 Å². The minimum absolute atomic E-state index is 0.0343. The lowest BCUT2D eigenvalue weighted by Gasteiger charge is -2.20. The van der Waals surface area contributed by atoms with E-state index < -0.39 is 28.8 Å². The summed E-state index contributed by atoms with van der Waals surface area (Å²) in [7, 11) is 0. The lowest BCUT2D eigenvalue weighted by Crippen LogP contribution is -2.35. The number of nitrogens with one attached hydrogen (secondary N) is 1. The second-order valence-electron chi connectivity index (χ2n) is 5.90. The van der Waals surface area contributed by atoms with E-state index in [1.807, 2.05) is 18.2 Å². The smallest absolute Gasteiger partial charge is 0.407 e. The van der Waals surface area contributed by atoms with E-state index in [1.165, 1.54) is 0 Å². The van der Waals surface area contributed by atoms with Gasteiger partial charge in [-0.25, -0.2) is 9.59 Å². The van der Waals surface area contributed by atoms with E-state index in [0.29, 0.717) is 0 Å². The van der Waals surface area contributed by atoms with E-state index in [9.17, 15) is 14.7 Å². The maximum Gasteiger partial charge on any atom is 0.407 e. The minimum Gasteiger partial charge on any atom is -0.444 e. The third-order valence-corrected chi connectivity index (χ3v) is 3.35. The van der Waals surface area contributed by atoms with Gasteiger partial charge in [-0.3, -0.25) is 0 Å². The number of benzene rings is 1. The first-order valence-corrected chi connectivity index (χ1v) is 8.15. The molecule has 0 aliphatic heterocycles. The number of esters is 1. The summed E-state index contributed by atoms with van der Waals surface area (Å²) in [5.41, 5.74) is 0.167. The third kappa shape index (κ3) is 7.99. The Morgan fingerprint density at radius 3 is 2.43 bits per heavy atom. The fraction of sp³-hybridized carbons (Fsp3) is 0.500. The Balaban J connectivity index is 2.33. The summed E-state index contributed by atoms with van der Waals surface area (Å²) in [6, 6.07) is 9.08. The van der Waals surface area contributed by atoms with Crippen LogP contribution in [0.2, 0.25) is 0 Å². The van der Waals surface area contributed by atoms with Crippen LogP contribution in [0.1, 0.15) is 37.8 Å². The maximum absolute atomic E-state index is 11.8. The summed E-state index contributed by atoms with van der Waals surface area (Å²) in [4.78, 5) is 23.2. The summed E-state index contributed by atoms with van der Waals surface area (Å²) in [6.07, 6.45) is -1.89. The molecule has 0 aliphatic carbocycles. The summed E-state index contributed by atoms with van der Waals surface area (Å²) in [5, 5.41) is 11.6. The second-order valence-corrected chi connectivity index (χ2v) is 6.73. The molecule has 0 radical (unpaired) electrons. The van der Waals surface area contributed by atoms with Crippen LogP contribution in [0.5, 0.6) is 0 Å². The molecule has 128 valence electrons. The maximum atomic E-state index is 11.8. The number of alkyl carbamates (subject to hydrolysis) is 1. The van der Waals surface area contributed by atoms with Crippen LogP contribution in [0.15, 0.2) is 30.3 Å². The third-order valence-electron chi connectivity index (χ3n) is 2.64. The molecule has 0 saturated carbocycles. The zero-order valence-electron chi connectivity index (χ0n) is 13.4. The van der Waals surface area contributed by atoms with Crippen LogP contribution >= 0.6 is 15.9 Å². The van der Waals surface area contributed by atoms with Gasteiger partial charge in [0.2, 0.25) is 0 Å². The predicted octanol–water partition coefficient (Wildman–Crippen LogP) is 2.90. The first kappa shape index (κ1) is 19.4. The number of aliphatic hydroxyl groups excluding tert-OH is 1. The molecule has 23 heavy (non-hydrogen) atoms. The van der Waals surface area contributed by atoms with E-state index in [-0.39, 0.29) is 13.0 Å². The molecular formula is C16H22BrNO5. The molecule has 0 fully saturated rings. The molecule has 1 amide bonds. The number of ether oxygens (including phenoxy) is 2.